The number of amides is 1. The zero-order valence-corrected chi connectivity index (χ0v) is 16.7. The molecular weight excluding hydrogens is 338 g/mol. The van der Waals surface area contributed by atoms with E-state index < -0.39 is 0 Å². The van der Waals surface area contributed by atoms with Crippen molar-refractivity contribution in [1.82, 2.24) is 4.90 Å². The lowest BCUT2D eigenvalue weighted by molar-refractivity contribution is -0.132. The molecule has 4 nitrogen and oxygen atoms in total. The summed E-state index contributed by atoms with van der Waals surface area (Å²) in [5.74, 6) is 2.15. The van der Waals surface area contributed by atoms with Crippen LogP contribution in [0.25, 0.3) is 0 Å². The van der Waals surface area contributed by atoms with Crippen LogP contribution in [0.5, 0.6) is 11.5 Å². The summed E-state index contributed by atoms with van der Waals surface area (Å²) in [5.41, 5.74) is 1.35. The van der Waals surface area contributed by atoms with Crippen molar-refractivity contribution in [3.05, 3.63) is 23.8 Å². The van der Waals surface area contributed by atoms with Crippen LogP contribution in [0.15, 0.2) is 18.2 Å². The van der Waals surface area contributed by atoms with Crippen LogP contribution >= 0.6 is 0 Å². The van der Waals surface area contributed by atoms with Gasteiger partial charge in [0.25, 0.3) is 0 Å². The van der Waals surface area contributed by atoms with E-state index in [2.05, 4.69) is 17.0 Å². The number of hydrogen-bond acceptors (Lipinski definition) is 3. The number of carbonyl (C=O) groups is 1. The van der Waals surface area contributed by atoms with Crippen LogP contribution in [-0.4, -0.2) is 30.7 Å². The Hall–Kier alpha value is -1.71. The first-order valence-corrected chi connectivity index (χ1v) is 11.0. The molecule has 0 aliphatic carbocycles. The number of benzene rings is 1. The monoisotopic (exact) mass is 373 g/mol. The summed E-state index contributed by atoms with van der Waals surface area (Å²) in [6.07, 6.45) is 15.6. The van der Waals surface area contributed by atoms with Gasteiger partial charge in [0.2, 0.25) is 12.7 Å². The third-order valence-corrected chi connectivity index (χ3v) is 5.75. The van der Waals surface area contributed by atoms with Gasteiger partial charge in [0, 0.05) is 19.5 Å². The van der Waals surface area contributed by atoms with Gasteiger partial charge in [-0.3, -0.25) is 4.79 Å². The molecule has 1 saturated heterocycles. The molecule has 1 amide bonds. The molecule has 0 N–H and O–H groups in total. The number of unbranched alkanes of at least 4 members (excludes halogenated alkanes) is 7. The number of rotatable bonds is 11. The van der Waals surface area contributed by atoms with Crippen LogP contribution in [0.2, 0.25) is 0 Å². The van der Waals surface area contributed by atoms with E-state index in [4.69, 9.17) is 9.47 Å². The highest BCUT2D eigenvalue weighted by atomic mass is 16.7. The maximum atomic E-state index is 12.1. The molecule has 1 aromatic carbocycles. The van der Waals surface area contributed by atoms with E-state index in [1.807, 2.05) is 6.07 Å². The van der Waals surface area contributed by atoms with Crippen LogP contribution in [-0.2, 0) is 11.2 Å². The molecular formula is C23H35NO3. The lowest BCUT2D eigenvalue weighted by Crippen LogP contribution is -2.35. The molecule has 0 radical (unpaired) electrons. The normalized spacial score (nSPS) is 15.9. The molecule has 3 rings (SSSR count). The summed E-state index contributed by atoms with van der Waals surface area (Å²) in [4.78, 5) is 14.2. The molecule has 1 aromatic rings. The number of likely N-dealkylation sites (tertiary alicyclic amines) is 1. The molecule has 150 valence electrons. The third kappa shape index (κ3) is 6.75. The lowest BCUT2D eigenvalue weighted by Gasteiger charge is -2.26. The van der Waals surface area contributed by atoms with E-state index >= 15 is 0 Å². The van der Waals surface area contributed by atoms with Crippen LogP contribution in [0, 0.1) is 0 Å². The first-order valence-electron chi connectivity index (χ1n) is 11.0. The Balaban J connectivity index is 1.13. The van der Waals surface area contributed by atoms with E-state index in [-0.39, 0.29) is 0 Å². The summed E-state index contributed by atoms with van der Waals surface area (Å²) in [6, 6.07) is 6.29. The van der Waals surface area contributed by atoms with Gasteiger partial charge < -0.3 is 14.4 Å². The highest BCUT2D eigenvalue weighted by molar-refractivity contribution is 5.76. The van der Waals surface area contributed by atoms with Crippen LogP contribution in [0.3, 0.4) is 0 Å². The number of nitrogens with zero attached hydrogens (tertiary/aromatic N) is 1. The first-order chi connectivity index (χ1) is 13.3. The van der Waals surface area contributed by atoms with Gasteiger partial charge in [-0.15, -0.1) is 0 Å². The maximum absolute atomic E-state index is 12.1. The van der Waals surface area contributed by atoms with E-state index in [0.29, 0.717) is 12.7 Å². The predicted octanol–water partition coefficient (Wildman–Crippen LogP) is 5.48. The van der Waals surface area contributed by atoms with Crippen molar-refractivity contribution in [2.75, 3.05) is 19.9 Å². The van der Waals surface area contributed by atoms with Crippen LogP contribution in [0.4, 0.5) is 0 Å². The molecule has 27 heavy (non-hydrogen) atoms. The minimum absolute atomic E-state index is 0.352. The average molecular weight is 374 g/mol. The average Bonchev–Trinajstić information content (AvgIpc) is 3.17. The van der Waals surface area contributed by atoms with Gasteiger partial charge in [0.05, 0.1) is 0 Å². The number of aryl methyl sites for hydroxylation is 1. The zero-order chi connectivity index (χ0) is 18.7. The summed E-state index contributed by atoms with van der Waals surface area (Å²) >= 11 is 0. The molecule has 4 heteroatoms. The topological polar surface area (TPSA) is 38.8 Å². The minimum atomic E-state index is 0.352. The fourth-order valence-electron chi connectivity index (χ4n) is 4.06. The van der Waals surface area contributed by atoms with Crippen molar-refractivity contribution < 1.29 is 14.3 Å². The molecule has 0 unspecified atom stereocenters. The molecule has 2 heterocycles. The van der Waals surface area contributed by atoms with E-state index in [1.165, 1.54) is 69.8 Å². The number of ether oxygens (including phenoxy) is 2. The number of carbonyl (C=O) groups excluding carboxylic acids is 1. The van der Waals surface area contributed by atoms with Gasteiger partial charge in [0.15, 0.2) is 11.5 Å². The van der Waals surface area contributed by atoms with Crippen LogP contribution in [0.1, 0.15) is 82.6 Å². The van der Waals surface area contributed by atoms with Gasteiger partial charge in [-0.1, -0.05) is 44.6 Å². The lowest BCUT2D eigenvalue weighted by atomic mass is 10.0. The quantitative estimate of drug-likeness (QED) is 0.482. The Morgan fingerprint density at radius 2 is 1.48 bits per heavy atom. The van der Waals surface area contributed by atoms with Crippen molar-refractivity contribution in [2.24, 2.45) is 0 Å². The van der Waals surface area contributed by atoms with Gasteiger partial charge in [-0.05, 0) is 56.2 Å². The highest BCUT2D eigenvalue weighted by Gasteiger charge is 2.15. The Labute approximate surface area is 164 Å². The fraction of sp³-hybridized carbons (Fsp3) is 0.696. The summed E-state index contributed by atoms with van der Waals surface area (Å²) < 4.78 is 10.8. The zero-order valence-electron chi connectivity index (χ0n) is 16.7. The van der Waals surface area contributed by atoms with Gasteiger partial charge in [0.1, 0.15) is 0 Å². The Bertz CT molecular complexity index is 581. The molecule has 0 spiro atoms. The largest absolute Gasteiger partial charge is 0.454 e. The number of hydrogen-bond donors (Lipinski definition) is 0. The second kappa shape index (κ2) is 11.2. The Morgan fingerprint density at radius 1 is 0.815 bits per heavy atom. The minimum Gasteiger partial charge on any atom is -0.454 e. The van der Waals surface area contributed by atoms with Gasteiger partial charge >= 0.3 is 0 Å². The summed E-state index contributed by atoms with van der Waals surface area (Å²) in [5, 5.41) is 0. The van der Waals surface area contributed by atoms with Gasteiger partial charge in [-0.25, -0.2) is 0 Å². The standard InChI is InChI=1S/C23H35NO3/c25-23(24-16-10-7-11-17-24)13-9-6-4-2-1-3-5-8-12-20-14-15-21-22(18-20)27-19-26-21/h14-15,18H,1-13,16-17,19H2. The van der Waals surface area contributed by atoms with Crippen molar-refractivity contribution >= 4 is 5.91 Å². The Morgan fingerprint density at radius 3 is 2.26 bits per heavy atom. The van der Waals surface area contributed by atoms with Gasteiger partial charge in [-0.2, -0.15) is 0 Å². The summed E-state index contributed by atoms with van der Waals surface area (Å²) in [7, 11) is 0. The second-order valence-electron chi connectivity index (χ2n) is 7.96. The molecule has 2 aliphatic heterocycles. The van der Waals surface area contributed by atoms with E-state index in [1.54, 1.807) is 0 Å². The first kappa shape index (κ1) is 20.0. The molecule has 0 aromatic heterocycles. The van der Waals surface area contributed by atoms with Crippen molar-refractivity contribution in [1.29, 1.82) is 0 Å². The highest BCUT2D eigenvalue weighted by Crippen LogP contribution is 2.32. The predicted molar refractivity (Wildman–Crippen MR) is 108 cm³/mol. The van der Waals surface area contributed by atoms with Crippen LogP contribution < -0.4 is 9.47 Å². The molecule has 0 bridgehead atoms. The molecule has 1 fully saturated rings. The van der Waals surface area contributed by atoms with E-state index in [9.17, 15) is 4.79 Å². The molecule has 0 atom stereocenters. The second-order valence-corrected chi connectivity index (χ2v) is 7.96. The van der Waals surface area contributed by atoms with Crippen molar-refractivity contribution in [3.8, 4) is 11.5 Å². The number of fused-ring (bicyclic) bond motifs is 1. The number of piperidine rings is 1. The van der Waals surface area contributed by atoms with Crippen molar-refractivity contribution in [2.45, 2.75) is 83.5 Å². The molecule has 0 saturated carbocycles. The maximum Gasteiger partial charge on any atom is 0.231 e. The van der Waals surface area contributed by atoms with Crippen molar-refractivity contribution in [3.63, 3.8) is 0 Å². The molecule has 2 aliphatic rings. The SMILES string of the molecule is O=C(CCCCCCCCCCc1ccc2c(c1)OCO2)N1CCCCC1. The van der Waals surface area contributed by atoms with E-state index in [0.717, 1.165) is 43.9 Å². The fourth-order valence-corrected chi connectivity index (χ4v) is 4.06. The third-order valence-electron chi connectivity index (χ3n) is 5.75. The Kier molecular flexibility index (Phi) is 8.32. The summed E-state index contributed by atoms with van der Waals surface area (Å²) in [6.45, 7) is 2.33. The smallest absolute Gasteiger partial charge is 0.231 e.